The Labute approximate surface area is 200 Å². The highest BCUT2D eigenvalue weighted by Gasteiger charge is 2.27. The van der Waals surface area contributed by atoms with Crippen molar-refractivity contribution < 1.29 is 19.0 Å². The molecule has 178 valence electrons. The van der Waals surface area contributed by atoms with E-state index in [1.54, 1.807) is 16.4 Å². The van der Waals surface area contributed by atoms with Crippen molar-refractivity contribution in [1.29, 1.82) is 0 Å². The molecule has 1 aliphatic heterocycles. The first-order valence-corrected chi connectivity index (χ1v) is 11.8. The standard InChI is InChI=1S/C23H25N5O5S/c1-15-17(26-33-25-15)13-24-23(31)22-18-8-9-27(10-11-28(18)20(29)12-19(22)32-2)21(30)14-34-16-6-4-3-5-7-16/h3-7,12H,8-11,13-14H2,1-2H3,(H,24,31). The summed E-state index contributed by atoms with van der Waals surface area (Å²) in [5.41, 5.74) is 1.65. The fraction of sp³-hybridized carbons (Fsp3) is 0.348. The van der Waals surface area contributed by atoms with E-state index in [4.69, 9.17) is 4.74 Å². The quantitative estimate of drug-likeness (QED) is 0.504. The minimum atomic E-state index is -0.401. The second-order valence-corrected chi connectivity index (χ2v) is 8.78. The first-order valence-electron chi connectivity index (χ1n) is 10.8. The second-order valence-electron chi connectivity index (χ2n) is 7.74. The maximum absolute atomic E-state index is 13.1. The Kier molecular flexibility index (Phi) is 7.31. The van der Waals surface area contributed by atoms with Crippen molar-refractivity contribution in [2.24, 2.45) is 0 Å². The molecule has 0 bridgehead atoms. The number of carbonyl (C=O) groups excluding carboxylic acids is 2. The van der Waals surface area contributed by atoms with Gasteiger partial charge in [0, 0.05) is 42.7 Å². The number of aryl methyl sites for hydroxylation is 1. The minimum Gasteiger partial charge on any atom is -0.496 e. The predicted molar refractivity (Wildman–Crippen MR) is 125 cm³/mol. The molecule has 2 amide bonds. The lowest BCUT2D eigenvalue weighted by atomic mass is 10.1. The SMILES string of the molecule is COc1cc(=O)n2c(c1C(=O)NCc1nonc1C)CCN(C(=O)CSc1ccccc1)CC2. The summed E-state index contributed by atoms with van der Waals surface area (Å²) in [7, 11) is 1.42. The molecule has 34 heavy (non-hydrogen) atoms. The molecule has 2 aromatic heterocycles. The van der Waals surface area contributed by atoms with Crippen LogP contribution in [0.15, 0.2) is 50.7 Å². The summed E-state index contributed by atoms with van der Waals surface area (Å²) >= 11 is 1.47. The minimum absolute atomic E-state index is 0.0123. The Bertz CT molecular complexity index is 1240. The van der Waals surface area contributed by atoms with E-state index in [1.807, 2.05) is 30.3 Å². The van der Waals surface area contributed by atoms with E-state index in [2.05, 4.69) is 20.3 Å². The summed E-state index contributed by atoms with van der Waals surface area (Å²) in [6, 6.07) is 11.0. The molecule has 0 saturated heterocycles. The Morgan fingerprint density at radius 1 is 1.18 bits per heavy atom. The number of pyridine rings is 1. The van der Waals surface area contributed by atoms with Gasteiger partial charge in [0.25, 0.3) is 11.5 Å². The number of rotatable bonds is 7. The van der Waals surface area contributed by atoms with Gasteiger partial charge >= 0.3 is 0 Å². The van der Waals surface area contributed by atoms with Crippen LogP contribution in [-0.2, 0) is 24.3 Å². The van der Waals surface area contributed by atoms with Crippen molar-refractivity contribution >= 4 is 23.6 Å². The molecule has 1 aliphatic rings. The molecule has 10 nitrogen and oxygen atoms in total. The molecule has 3 heterocycles. The van der Waals surface area contributed by atoms with Crippen LogP contribution in [0.3, 0.4) is 0 Å². The lowest BCUT2D eigenvalue weighted by Gasteiger charge is -2.19. The Balaban J connectivity index is 1.51. The van der Waals surface area contributed by atoms with Gasteiger partial charge in [-0.2, -0.15) is 0 Å². The molecule has 0 aliphatic carbocycles. The van der Waals surface area contributed by atoms with Crippen LogP contribution in [0.4, 0.5) is 0 Å². The van der Waals surface area contributed by atoms with Crippen molar-refractivity contribution in [2.75, 3.05) is 26.0 Å². The number of carbonyl (C=O) groups is 2. The highest BCUT2D eigenvalue weighted by Crippen LogP contribution is 2.24. The smallest absolute Gasteiger partial charge is 0.257 e. The normalized spacial score (nSPS) is 13.2. The fourth-order valence-electron chi connectivity index (χ4n) is 3.82. The van der Waals surface area contributed by atoms with Crippen molar-refractivity contribution in [2.45, 2.75) is 31.3 Å². The summed E-state index contributed by atoms with van der Waals surface area (Å²) < 4.78 is 11.6. The second kappa shape index (κ2) is 10.6. The van der Waals surface area contributed by atoms with E-state index < -0.39 is 5.91 Å². The van der Waals surface area contributed by atoms with Crippen LogP contribution in [0.25, 0.3) is 0 Å². The zero-order valence-electron chi connectivity index (χ0n) is 18.9. The lowest BCUT2D eigenvalue weighted by molar-refractivity contribution is -0.128. The molecular formula is C23H25N5O5S. The molecule has 0 radical (unpaired) electrons. The predicted octanol–water partition coefficient (Wildman–Crippen LogP) is 1.66. The van der Waals surface area contributed by atoms with Crippen LogP contribution in [0, 0.1) is 6.92 Å². The van der Waals surface area contributed by atoms with Crippen molar-refractivity contribution in [3.8, 4) is 5.75 Å². The third kappa shape index (κ3) is 5.14. The van der Waals surface area contributed by atoms with E-state index in [0.717, 1.165) is 4.90 Å². The van der Waals surface area contributed by atoms with E-state index in [0.29, 0.717) is 48.9 Å². The van der Waals surface area contributed by atoms with Gasteiger partial charge < -0.3 is 19.5 Å². The highest BCUT2D eigenvalue weighted by molar-refractivity contribution is 8.00. The van der Waals surface area contributed by atoms with Crippen LogP contribution >= 0.6 is 11.8 Å². The summed E-state index contributed by atoms with van der Waals surface area (Å²) in [5, 5.41) is 10.3. The van der Waals surface area contributed by atoms with Gasteiger partial charge in [-0.15, -0.1) is 11.8 Å². The first kappa shape index (κ1) is 23.6. The molecule has 0 unspecified atom stereocenters. The van der Waals surface area contributed by atoms with Gasteiger partial charge in [0.05, 0.1) is 19.4 Å². The van der Waals surface area contributed by atoms with Gasteiger partial charge in [-0.1, -0.05) is 28.5 Å². The van der Waals surface area contributed by atoms with Gasteiger partial charge in [-0.25, -0.2) is 4.63 Å². The monoisotopic (exact) mass is 483 g/mol. The maximum atomic E-state index is 13.1. The van der Waals surface area contributed by atoms with Crippen LogP contribution in [-0.4, -0.2) is 57.5 Å². The van der Waals surface area contributed by atoms with Crippen molar-refractivity contribution in [3.63, 3.8) is 0 Å². The number of ether oxygens (including phenoxy) is 1. The number of nitrogens with one attached hydrogen (secondary N) is 1. The zero-order valence-corrected chi connectivity index (χ0v) is 19.8. The fourth-order valence-corrected chi connectivity index (χ4v) is 4.64. The summed E-state index contributed by atoms with van der Waals surface area (Å²) in [4.78, 5) is 41.5. The number of thioether (sulfide) groups is 1. The van der Waals surface area contributed by atoms with E-state index in [9.17, 15) is 14.4 Å². The lowest BCUT2D eigenvalue weighted by Crippen LogP contribution is -2.35. The van der Waals surface area contributed by atoms with Crippen LogP contribution in [0.5, 0.6) is 5.75 Å². The van der Waals surface area contributed by atoms with Gasteiger partial charge in [0.15, 0.2) is 0 Å². The van der Waals surface area contributed by atoms with Crippen LogP contribution in [0.1, 0.15) is 27.4 Å². The van der Waals surface area contributed by atoms with Gasteiger partial charge in [-0.3, -0.25) is 14.4 Å². The van der Waals surface area contributed by atoms with Crippen LogP contribution < -0.4 is 15.6 Å². The average molecular weight is 484 g/mol. The molecule has 1 N–H and O–H groups in total. The van der Waals surface area contributed by atoms with Crippen molar-refractivity contribution in [1.82, 2.24) is 25.1 Å². The van der Waals surface area contributed by atoms with Gasteiger partial charge in [0.1, 0.15) is 22.7 Å². The van der Waals surface area contributed by atoms with Gasteiger partial charge in [0.2, 0.25) is 5.91 Å². The molecule has 0 atom stereocenters. The zero-order chi connectivity index (χ0) is 24.1. The Morgan fingerprint density at radius 3 is 2.68 bits per heavy atom. The Morgan fingerprint density at radius 2 is 1.97 bits per heavy atom. The average Bonchev–Trinajstić information content (AvgIpc) is 3.12. The molecule has 1 aromatic carbocycles. The maximum Gasteiger partial charge on any atom is 0.257 e. The molecule has 0 spiro atoms. The third-order valence-corrected chi connectivity index (χ3v) is 6.66. The van der Waals surface area contributed by atoms with E-state index >= 15 is 0 Å². The number of hydrogen-bond donors (Lipinski definition) is 1. The molecule has 0 fully saturated rings. The largest absolute Gasteiger partial charge is 0.496 e. The molecule has 11 heteroatoms. The van der Waals surface area contributed by atoms with E-state index in [-0.39, 0.29) is 29.3 Å². The summed E-state index contributed by atoms with van der Waals surface area (Å²) in [6.07, 6.45) is 0.349. The highest BCUT2D eigenvalue weighted by atomic mass is 32.2. The van der Waals surface area contributed by atoms with Crippen LogP contribution in [0.2, 0.25) is 0 Å². The number of nitrogens with zero attached hydrogens (tertiary/aromatic N) is 4. The molecular weight excluding hydrogens is 458 g/mol. The molecule has 3 aromatic rings. The van der Waals surface area contributed by atoms with E-state index in [1.165, 1.54) is 24.9 Å². The Hall–Kier alpha value is -3.60. The summed E-state index contributed by atoms with van der Waals surface area (Å²) in [5.74, 6) is 0.0871. The molecule has 0 saturated carbocycles. The first-order chi connectivity index (χ1) is 16.5. The number of aromatic nitrogens is 3. The number of benzene rings is 1. The molecule has 4 rings (SSSR count). The number of methoxy groups -OCH3 is 1. The van der Waals surface area contributed by atoms with Gasteiger partial charge in [-0.05, 0) is 19.1 Å². The number of amides is 2. The third-order valence-electron chi connectivity index (χ3n) is 5.66. The number of fused-ring (bicyclic) bond motifs is 1. The number of hydrogen-bond acceptors (Lipinski definition) is 8. The van der Waals surface area contributed by atoms with Crippen molar-refractivity contribution in [3.05, 3.63) is 69.4 Å². The summed E-state index contributed by atoms with van der Waals surface area (Å²) in [6.45, 7) is 2.93. The topological polar surface area (TPSA) is 120 Å².